The number of carboxylic acid groups (broad SMARTS) is 1. The summed E-state index contributed by atoms with van der Waals surface area (Å²) in [6.07, 6.45) is 3.85. The topological polar surface area (TPSA) is 57.5 Å². The molecule has 0 spiro atoms. The van der Waals surface area contributed by atoms with E-state index in [4.69, 9.17) is 5.11 Å². The molecule has 2 unspecified atom stereocenters. The molecule has 3 heteroatoms. The molecule has 98 valence electrons. The van der Waals surface area contributed by atoms with Crippen molar-refractivity contribution in [2.75, 3.05) is 0 Å². The number of hydrogen-bond acceptors (Lipinski definition) is 2. The van der Waals surface area contributed by atoms with Gasteiger partial charge in [-0.15, -0.1) is 0 Å². The van der Waals surface area contributed by atoms with E-state index in [9.17, 15) is 9.90 Å². The van der Waals surface area contributed by atoms with Gasteiger partial charge >= 0.3 is 5.97 Å². The molecule has 0 amide bonds. The van der Waals surface area contributed by atoms with E-state index in [2.05, 4.69) is 0 Å². The molecular weight excluding hydrogens is 228 g/mol. The van der Waals surface area contributed by atoms with Gasteiger partial charge in [0, 0.05) is 0 Å². The van der Waals surface area contributed by atoms with Crippen molar-refractivity contribution in [3.63, 3.8) is 0 Å². The van der Waals surface area contributed by atoms with E-state index in [-0.39, 0.29) is 6.10 Å². The van der Waals surface area contributed by atoms with Gasteiger partial charge in [0.25, 0.3) is 0 Å². The van der Waals surface area contributed by atoms with Gasteiger partial charge in [-0.05, 0) is 43.2 Å². The van der Waals surface area contributed by atoms with Crippen LogP contribution in [0.2, 0.25) is 0 Å². The van der Waals surface area contributed by atoms with Crippen molar-refractivity contribution in [1.82, 2.24) is 0 Å². The van der Waals surface area contributed by atoms with Crippen molar-refractivity contribution in [1.29, 1.82) is 0 Å². The molecule has 2 rings (SSSR count). The second kappa shape index (κ2) is 5.53. The SMILES string of the molecule is CC(C(=O)O)c1ccc(CC2CCC[C@@H]2O)cc1. The summed E-state index contributed by atoms with van der Waals surface area (Å²) in [6.45, 7) is 1.69. The molecule has 3 atom stereocenters. The molecule has 0 aromatic heterocycles. The van der Waals surface area contributed by atoms with Crippen molar-refractivity contribution >= 4 is 5.97 Å². The van der Waals surface area contributed by atoms with Crippen molar-refractivity contribution in [3.8, 4) is 0 Å². The fourth-order valence-corrected chi connectivity index (χ4v) is 2.64. The van der Waals surface area contributed by atoms with Crippen LogP contribution in [0, 0.1) is 5.92 Å². The summed E-state index contributed by atoms with van der Waals surface area (Å²) in [5.74, 6) is -0.891. The van der Waals surface area contributed by atoms with Crippen LogP contribution in [0.3, 0.4) is 0 Å². The highest BCUT2D eigenvalue weighted by Crippen LogP contribution is 2.29. The van der Waals surface area contributed by atoms with E-state index in [0.717, 1.165) is 31.2 Å². The second-order valence-corrected chi connectivity index (χ2v) is 5.26. The first-order chi connectivity index (χ1) is 8.58. The first kappa shape index (κ1) is 13.1. The van der Waals surface area contributed by atoms with E-state index in [1.807, 2.05) is 24.3 Å². The Balaban J connectivity index is 2.01. The Kier molecular flexibility index (Phi) is 4.02. The number of aliphatic hydroxyl groups is 1. The van der Waals surface area contributed by atoms with Crippen molar-refractivity contribution in [2.24, 2.45) is 5.92 Å². The van der Waals surface area contributed by atoms with Gasteiger partial charge in [0.1, 0.15) is 0 Å². The third-order valence-electron chi connectivity index (χ3n) is 3.97. The Bertz CT molecular complexity index is 410. The lowest BCUT2D eigenvalue weighted by atomic mass is 9.94. The van der Waals surface area contributed by atoms with Crippen LogP contribution in [0.4, 0.5) is 0 Å². The molecule has 0 saturated heterocycles. The van der Waals surface area contributed by atoms with Gasteiger partial charge in [0.15, 0.2) is 0 Å². The lowest BCUT2D eigenvalue weighted by molar-refractivity contribution is -0.138. The predicted octanol–water partition coefficient (Wildman–Crippen LogP) is 2.58. The van der Waals surface area contributed by atoms with Gasteiger partial charge in [-0.1, -0.05) is 30.7 Å². The molecule has 1 aromatic rings. The van der Waals surface area contributed by atoms with E-state index in [1.54, 1.807) is 6.92 Å². The highest BCUT2D eigenvalue weighted by molar-refractivity contribution is 5.75. The average molecular weight is 248 g/mol. The van der Waals surface area contributed by atoms with Crippen molar-refractivity contribution in [3.05, 3.63) is 35.4 Å². The van der Waals surface area contributed by atoms with Crippen molar-refractivity contribution < 1.29 is 15.0 Å². The zero-order valence-electron chi connectivity index (χ0n) is 10.7. The average Bonchev–Trinajstić information content (AvgIpc) is 2.75. The maximum Gasteiger partial charge on any atom is 0.310 e. The summed E-state index contributed by atoms with van der Waals surface area (Å²) in [7, 11) is 0. The van der Waals surface area contributed by atoms with Gasteiger partial charge in [0.2, 0.25) is 0 Å². The van der Waals surface area contributed by atoms with Crippen LogP contribution < -0.4 is 0 Å². The van der Waals surface area contributed by atoms with E-state index in [0.29, 0.717) is 5.92 Å². The molecule has 0 radical (unpaired) electrons. The molecule has 0 aliphatic heterocycles. The Labute approximate surface area is 107 Å². The summed E-state index contributed by atoms with van der Waals surface area (Å²) in [6, 6.07) is 7.74. The van der Waals surface area contributed by atoms with Crippen LogP contribution in [0.15, 0.2) is 24.3 Å². The van der Waals surface area contributed by atoms with Crippen molar-refractivity contribution in [2.45, 2.75) is 44.6 Å². The second-order valence-electron chi connectivity index (χ2n) is 5.26. The van der Waals surface area contributed by atoms with Crippen LogP contribution in [-0.4, -0.2) is 22.3 Å². The molecule has 18 heavy (non-hydrogen) atoms. The smallest absolute Gasteiger partial charge is 0.310 e. The summed E-state index contributed by atoms with van der Waals surface area (Å²) in [4.78, 5) is 10.9. The number of aliphatic carboxylic acids is 1. The zero-order chi connectivity index (χ0) is 13.1. The molecule has 0 heterocycles. The maximum absolute atomic E-state index is 10.9. The largest absolute Gasteiger partial charge is 0.481 e. The summed E-state index contributed by atoms with van der Waals surface area (Å²) in [5.41, 5.74) is 2.01. The quantitative estimate of drug-likeness (QED) is 0.861. The number of carboxylic acids is 1. The minimum atomic E-state index is -0.797. The molecular formula is C15H20O3. The van der Waals surface area contributed by atoms with E-state index < -0.39 is 11.9 Å². The number of rotatable bonds is 4. The fourth-order valence-electron chi connectivity index (χ4n) is 2.64. The normalized spacial score (nSPS) is 25.0. The third kappa shape index (κ3) is 2.91. The fraction of sp³-hybridized carbons (Fsp3) is 0.533. The molecule has 0 bridgehead atoms. The number of carbonyl (C=O) groups is 1. The Morgan fingerprint density at radius 2 is 2.00 bits per heavy atom. The van der Waals surface area contributed by atoms with Crippen LogP contribution in [0.5, 0.6) is 0 Å². The summed E-state index contributed by atoms with van der Waals surface area (Å²) < 4.78 is 0. The first-order valence-electron chi connectivity index (χ1n) is 6.57. The van der Waals surface area contributed by atoms with E-state index >= 15 is 0 Å². The molecule has 1 saturated carbocycles. The van der Waals surface area contributed by atoms with Gasteiger partial charge in [-0.25, -0.2) is 0 Å². The zero-order valence-corrected chi connectivity index (χ0v) is 10.7. The Morgan fingerprint density at radius 3 is 2.50 bits per heavy atom. The number of aliphatic hydroxyl groups excluding tert-OH is 1. The van der Waals surface area contributed by atoms with Gasteiger partial charge in [0.05, 0.1) is 12.0 Å². The monoisotopic (exact) mass is 248 g/mol. The number of benzene rings is 1. The van der Waals surface area contributed by atoms with Gasteiger partial charge < -0.3 is 10.2 Å². The summed E-state index contributed by atoms with van der Waals surface area (Å²) in [5, 5.41) is 18.7. The van der Waals surface area contributed by atoms with E-state index in [1.165, 1.54) is 5.56 Å². The minimum absolute atomic E-state index is 0.164. The molecule has 1 aliphatic carbocycles. The standard InChI is InChI=1S/C15H20O3/c1-10(15(17)18)12-7-5-11(6-8-12)9-13-3-2-4-14(13)16/h5-8,10,13-14,16H,2-4,9H2,1H3,(H,17,18)/t10?,13?,14-/m0/s1. The van der Waals surface area contributed by atoms with Crippen LogP contribution in [0.25, 0.3) is 0 Å². The van der Waals surface area contributed by atoms with Gasteiger partial charge in [-0.3, -0.25) is 4.79 Å². The molecule has 1 fully saturated rings. The molecule has 1 aliphatic rings. The first-order valence-corrected chi connectivity index (χ1v) is 6.57. The minimum Gasteiger partial charge on any atom is -0.481 e. The Morgan fingerprint density at radius 1 is 1.33 bits per heavy atom. The Hall–Kier alpha value is -1.35. The molecule has 3 nitrogen and oxygen atoms in total. The maximum atomic E-state index is 10.9. The van der Waals surface area contributed by atoms with Gasteiger partial charge in [-0.2, -0.15) is 0 Å². The third-order valence-corrected chi connectivity index (χ3v) is 3.97. The van der Waals surface area contributed by atoms with Crippen LogP contribution in [0.1, 0.15) is 43.2 Å². The van der Waals surface area contributed by atoms with Crippen LogP contribution >= 0.6 is 0 Å². The lowest BCUT2D eigenvalue weighted by Gasteiger charge is -2.15. The number of hydrogen-bond donors (Lipinski definition) is 2. The lowest BCUT2D eigenvalue weighted by Crippen LogP contribution is -2.15. The summed E-state index contributed by atoms with van der Waals surface area (Å²) >= 11 is 0. The molecule has 1 aromatic carbocycles. The predicted molar refractivity (Wildman–Crippen MR) is 69.5 cm³/mol. The van der Waals surface area contributed by atoms with Crippen LogP contribution in [-0.2, 0) is 11.2 Å². The highest BCUT2D eigenvalue weighted by atomic mass is 16.4. The molecule has 2 N–H and O–H groups in total. The highest BCUT2D eigenvalue weighted by Gasteiger charge is 2.25.